The predicted molar refractivity (Wildman–Crippen MR) is 172 cm³/mol. The van der Waals surface area contributed by atoms with Crippen molar-refractivity contribution in [3.8, 4) is 28.2 Å². The van der Waals surface area contributed by atoms with E-state index >= 15 is 0 Å². The van der Waals surface area contributed by atoms with Crippen molar-refractivity contribution in [3.63, 3.8) is 0 Å². The fourth-order valence-electron chi connectivity index (χ4n) is 6.41. The van der Waals surface area contributed by atoms with Crippen molar-refractivity contribution in [3.05, 3.63) is 140 Å². The van der Waals surface area contributed by atoms with Gasteiger partial charge in [-0.15, -0.1) is 0 Å². The number of imidazole rings is 1. The summed E-state index contributed by atoms with van der Waals surface area (Å²) in [6, 6.07) is 44.8. The average Bonchev–Trinajstić information content (AvgIpc) is 3.65. The van der Waals surface area contributed by atoms with Gasteiger partial charge in [0.15, 0.2) is 5.58 Å². The van der Waals surface area contributed by atoms with Crippen LogP contribution < -0.4 is 0 Å². The van der Waals surface area contributed by atoms with E-state index in [4.69, 9.17) is 9.40 Å². The molecular weight excluding hydrogens is 514 g/mol. The number of fused-ring (bicyclic) bond motifs is 9. The molecule has 0 saturated heterocycles. The van der Waals surface area contributed by atoms with E-state index in [0.29, 0.717) is 0 Å². The first-order valence-corrected chi connectivity index (χ1v) is 14.1. The Labute approximate surface area is 241 Å². The molecule has 9 aromatic rings. The molecule has 0 N–H and O–H groups in total. The number of hydrogen-bond donors (Lipinski definition) is 0. The number of nitrogens with zero attached hydrogens (tertiary/aromatic N) is 3. The Balaban J connectivity index is 1.31. The van der Waals surface area contributed by atoms with Crippen LogP contribution in [0, 0.1) is 0 Å². The molecule has 3 heterocycles. The molecule has 4 heteroatoms. The Morgan fingerprint density at radius 1 is 0.524 bits per heavy atom. The molecule has 42 heavy (non-hydrogen) atoms. The van der Waals surface area contributed by atoms with Crippen LogP contribution in [0.2, 0.25) is 0 Å². The molecule has 0 bridgehead atoms. The van der Waals surface area contributed by atoms with Crippen LogP contribution in [-0.4, -0.2) is 14.5 Å². The third-order valence-electron chi connectivity index (χ3n) is 8.30. The Bertz CT molecular complexity index is 2450. The minimum atomic E-state index is 0.799. The maximum Gasteiger partial charge on any atom is 0.153 e. The highest BCUT2D eigenvalue weighted by atomic mass is 16.3. The van der Waals surface area contributed by atoms with Gasteiger partial charge in [-0.1, -0.05) is 109 Å². The van der Waals surface area contributed by atoms with Gasteiger partial charge in [0.05, 0.1) is 17.2 Å². The molecule has 0 radical (unpaired) electrons. The first kappa shape index (κ1) is 23.0. The van der Waals surface area contributed by atoms with E-state index < -0.39 is 0 Å². The zero-order chi connectivity index (χ0) is 27.6. The molecule has 0 aliphatic heterocycles. The molecule has 0 spiro atoms. The summed E-state index contributed by atoms with van der Waals surface area (Å²) in [5.74, 6) is 0.923. The van der Waals surface area contributed by atoms with Crippen LogP contribution in [0.15, 0.2) is 144 Å². The quantitative estimate of drug-likeness (QED) is 0.211. The molecular formula is C38H23N3O. The lowest BCUT2D eigenvalue weighted by atomic mass is 9.99. The highest BCUT2D eigenvalue weighted by Crippen LogP contribution is 2.40. The summed E-state index contributed by atoms with van der Waals surface area (Å²) in [7, 11) is 0. The lowest BCUT2D eigenvalue weighted by Crippen LogP contribution is -1.98. The molecule has 6 aromatic carbocycles. The first-order valence-electron chi connectivity index (χ1n) is 14.1. The Morgan fingerprint density at radius 3 is 2.02 bits per heavy atom. The van der Waals surface area contributed by atoms with E-state index in [1.54, 1.807) is 6.20 Å². The smallest absolute Gasteiger partial charge is 0.153 e. The molecule has 196 valence electrons. The SMILES string of the molecule is c1ccc(-c2nc3c4ccccc4c4ccccc4c3n2-c2ccc(-c3cccc4c3oc3cnccc34)cc2)cc1. The van der Waals surface area contributed by atoms with E-state index in [-0.39, 0.29) is 0 Å². The summed E-state index contributed by atoms with van der Waals surface area (Å²) in [6.07, 6.45) is 3.59. The molecule has 0 fully saturated rings. The van der Waals surface area contributed by atoms with Gasteiger partial charge in [-0.25, -0.2) is 4.98 Å². The van der Waals surface area contributed by atoms with Crippen molar-refractivity contribution in [2.45, 2.75) is 0 Å². The molecule has 9 rings (SSSR count). The second-order valence-corrected chi connectivity index (χ2v) is 10.6. The predicted octanol–water partition coefficient (Wildman–Crippen LogP) is 9.96. The number of pyridine rings is 1. The lowest BCUT2D eigenvalue weighted by molar-refractivity contribution is 0.668. The molecule has 0 aliphatic carbocycles. The molecule has 0 saturated carbocycles. The summed E-state index contributed by atoms with van der Waals surface area (Å²) in [5.41, 5.74) is 8.09. The number of rotatable bonds is 3. The molecule has 0 unspecified atom stereocenters. The topological polar surface area (TPSA) is 43.9 Å². The maximum atomic E-state index is 6.29. The van der Waals surface area contributed by atoms with Crippen LogP contribution in [0.4, 0.5) is 0 Å². The second-order valence-electron chi connectivity index (χ2n) is 10.6. The van der Waals surface area contributed by atoms with Gasteiger partial charge in [-0.2, -0.15) is 0 Å². The number of aromatic nitrogens is 3. The van der Waals surface area contributed by atoms with E-state index in [0.717, 1.165) is 66.6 Å². The number of para-hydroxylation sites is 1. The fourth-order valence-corrected chi connectivity index (χ4v) is 6.41. The first-order chi connectivity index (χ1) is 20.8. The van der Waals surface area contributed by atoms with Gasteiger partial charge in [0.25, 0.3) is 0 Å². The van der Waals surface area contributed by atoms with Crippen LogP contribution in [0.1, 0.15) is 0 Å². The van der Waals surface area contributed by atoms with E-state index in [1.165, 1.54) is 16.2 Å². The van der Waals surface area contributed by atoms with Gasteiger partial charge < -0.3 is 4.42 Å². The molecule has 0 amide bonds. The third-order valence-corrected chi connectivity index (χ3v) is 8.30. The maximum absolute atomic E-state index is 6.29. The van der Waals surface area contributed by atoms with Crippen LogP contribution in [0.25, 0.3) is 82.7 Å². The van der Waals surface area contributed by atoms with Crippen LogP contribution >= 0.6 is 0 Å². The highest BCUT2D eigenvalue weighted by Gasteiger charge is 2.20. The molecule has 0 aliphatic rings. The Morgan fingerprint density at radius 2 is 1.21 bits per heavy atom. The standard InChI is InChI=1S/C38H23N3O/c1-2-9-25(10-3-1)38-40-35-31-13-6-4-11-28(31)29-12-5-7-14-32(29)36(35)41(38)26-19-17-24(18-20-26)27-15-8-16-33-30-21-22-39-23-34(30)42-37(27)33/h1-23H. The minimum absolute atomic E-state index is 0.799. The average molecular weight is 538 g/mol. The van der Waals surface area contributed by atoms with E-state index in [1.807, 2.05) is 18.3 Å². The van der Waals surface area contributed by atoms with Crippen molar-refractivity contribution in [2.75, 3.05) is 0 Å². The van der Waals surface area contributed by atoms with E-state index in [2.05, 4.69) is 125 Å². The van der Waals surface area contributed by atoms with Gasteiger partial charge in [-0.05, 0) is 34.5 Å². The van der Waals surface area contributed by atoms with Crippen LogP contribution in [0.5, 0.6) is 0 Å². The molecule has 3 aromatic heterocycles. The highest BCUT2D eigenvalue weighted by molar-refractivity contribution is 6.24. The lowest BCUT2D eigenvalue weighted by Gasteiger charge is -2.13. The van der Waals surface area contributed by atoms with Gasteiger partial charge in [0.2, 0.25) is 0 Å². The zero-order valence-electron chi connectivity index (χ0n) is 22.5. The van der Waals surface area contributed by atoms with Crippen LogP contribution in [0.3, 0.4) is 0 Å². The van der Waals surface area contributed by atoms with Crippen LogP contribution in [-0.2, 0) is 0 Å². The Kier molecular flexibility index (Phi) is 4.87. The zero-order valence-corrected chi connectivity index (χ0v) is 22.5. The van der Waals surface area contributed by atoms with Gasteiger partial charge in [0.1, 0.15) is 11.4 Å². The molecule has 0 atom stereocenters. The van der Waals surface area contributed by atoms with Gasteiger partial charge >= 0.3 is 0 Å². The fraction of sp³-hybridized carbons (Fsp3) is 0. The monoisotopic (exact) mass is 537 g/mol. The van der Waals surface area contributed by atoms with Gasteiger partial charge in [-0.3, -0.25) is 9.55 Å². The van der Waals surface area contributed by atoms with Crippen molar-refractivity contribution >= 4 is 54.5 Å². The Hall–Kier alpha value is -5.74. The second kappa shape index (κ2) is 8.88. The summed E-state index contributed by atoms with van der Waals surface area (Å²) in [6.45, 7) is 0. The summed E-state index contributed by atoms with van der Waals surface area (Å²) >= 11 is 0. The van der Waals surface area contributed by atoms with Crippen molar-refractivity contribution < 1.29 is 4.42 Å². The molecule has 4 nitrogen and oxygen atoms in total. The number of hydrogen-bond acceptors (Lipinski definition) is 3. The van der Waals surface area contributed by atoms with Crippen molar-refractivity contribution in [2.24, 2.45) is 0 Å². The minimum Gasteiger partial charge on any atom is -0.454 e. The summed E-state index contributed by atoms with van der Waals surface area (Å²) in [4.78, 5) is 9.57. The van der Waals surface area contributed by atoms with Gasteiger partial charge in [0, 0.05) is 44.6 Å². The largest absolute Gasteiger partial charge is 0.454 e. The third kappa shape index (κ3) is 3.29. The summed E-state index contributed by atoms with van der Waals surface area (Å²) < 4.78 is 8.60. The number of furan rings is 1. The normalized spacial score (nSPS) is 11.8. The van der Waals surface area contributed by atoms with Crippen molar-refractivity contribution in [1.82, 2.24) is 14.5 Å². The van der Waals surface area contributed by atoms with Crippen molar-refractivity contribution in [1.29, 1.82) is 0 Å². The summed E-state index contributed by atoms with van der Waals surface area (Å²) in [5, 5.41) is 6.96. The number of benzene rings is 6. The van der Waals surface area contributed by atoms with E-state index in [9.17, 15) is 0 Å².